The van der Waals surface area contributed by atoms with E-state index in [1.807, 2.05) is 20.8 Å². The second-order valence-electron chi connectivity index (χ2n) is 6.52. The molecule has 0 radical (unpaired) electrons. The van der Waals surface area contributed by atoms with E-state index >= 15 is 0 Å². The molecule has 1 heterocycles. The number of carbonyl (C=O) groups excluding carboxylic acids is 2. The minimum Gasteiger partial charge on any atom is -0.354 e. The standard InChI is InChI=1S/C19H32N4O2/c1-5-7-8-9-11-23(12-10-18(24)22-15(3)6-2)19(25)17-14-20-16(4)13-21-17/h13-15H,5-12H2,1-4H3,(H,22,24)/t15-/m0/s1. The van der Waals surface area contributed by atoms with Crippen LogP contribution in [0.15, 0.2) is 12.4 Å². The van der Waals surface area contributed by atoms with Gasteiger partial charge in [0.25, 0.3) is 5.91 Å². The zero-order valence-corrected chi connectivity index (χ0v) is 16.0. The Hall–Kier alpha value is -1.98. The molecule has 140 valence electrons. The molecule has 0 fully saturated rings. The van der Waals surface area contributed by atoms with E-state index in [1.54, 1.807) is 11.1 Å². The van der Waals surface area contributed by atoms with Crippen molar-refractivity contribution in [2.45, 2.75) is 72.3 Å². The lowest BCUT2D eigenvalue weighted by atomic mass is 10.2. The maximum atomic E-state index is 12.7. The monoisotopic (exact) mass is 348 g/mol. The number of carbonyl (C=O) groups is 2. The first-order valence-corrected chi connectivity index (χ1v) is 9.35. The summed E-state index contributed by atoms with van der Waals surface area (Å²) in [5.41, 5.74) is 1.11. The Balaban J connectivity index is 2.66. The molecule has 0 spiro atoms. The summed E-state index contributed by atoms with van der Waals surface area (Å²) in [5.74, 6) is -0.170. The van der Waals surface area contributed by atoms with Crippen molar-refractivity contribution in [1.82, 2.24) is 20.2 Å². The van der Waals surface area contributed by atoms with Gasteiger partial charge in [-0.3, -0.25) is 14.6 Å². The second-order valence-corrected chi connectivity index (χ2v) is 6.52. The van der Waals surface area contributed by atoms with Crippen LogP contribution in [-0.2, 0) is 4.79 Å². The molecular weight excluding hydrogens is 316 g/mol. The lowest BCUT2D eigenvalue weighted by molar-refractivity contribution is -0.121. The van der Waals surface area contributed by atoms with Crippen LogP contribution < -0.4 is 5.32 Å². The van der Waals surface area contributed by atoms with Gasteiger partial charge in [0.15, 0.2) is 0 Å². The Labute approximate surface area is 151 Å². The SMILES string of the molecule is CCCCCCN(CCC(=O)N[C@@H](C)CC)C(=O)c1cnc(C)cn1. The van der Waals surface area contributed by atoms with Crippen molar-refractivity contribution in [2.24, 2.45) is 0 Å². The second kappa shape index (κ2) is 11.6. The average molecular weight is 348 g/mol. The molecule has 0 saturated heterocycles. The fraction of sp³-hybridized carbons (Fsp3) is 0.684. The highest BCUT2D eigenvalue weighted by Gasteiger charge is 2.18. The molecule has 2 amide bonds. The minimum absolute atomic E-state index is 0.0179. The summed E-state index contributed by atoms with van der Waals surface area (Å²) >= 11 is 0. The van der Waals surface area contributed by atoms with Gasteiger partial charge >= 0.3 is 0 Å². The van der Waals surface area contributed by atoms with Crippen molar-refractivity contribution in [3.63, 3.8) is 0 Å². The van der Waals surface area contributed by atoms with Crippen molar-refractivity contribution in [2.75, 3.05) is 13.1 Å². The Kier molecular flexibility index (Phi) is 9.73. The minimum atomic E-state index is -0.152. The molecule has 1 rings (SSSR count). The van der Waals surface area contributed by atoms with Gasteiger partial charge in [0.05, 0.1) is 11.9 Å². The largest absolute Gasteiger partial charge is 0.354 e. The van der Waals surface area contributed by atoms with Crippen LogP contribution in [0.5, 0.6) is 0 Å². The maximum Gasteiger partial charge on any atom is 0.274 e. The molecule has 1 atom stereocenters. The van der Waals surface area contributed by atoms with Gasteiger partial charge in [-0.15, -0.1) is 0 Å². The van der Waals surface area contributed by atoms with Gasteiger partial charge in [-0.05, 0) is 26.7 Å². The van der Waals surface area contributed by atoms with E-state index in [1.165, 1.54) is 6.20 Å². The lowest BCUT2D eigenvalue weighted by Crippen LogP contribution is -2.38. The highest BCUT2D eigenvalue weighted by atomic mass is 16.2. The predicted octanol–water partition coefficient (Wildman–Crippen LogP) is 3.11. The van der Waals surface area contributed by atoms with Gasteiger partial charge in [-0.1, -0.05) is 33.1 Å². The van der Waals surface area contributed by atoms with Gasteiger partial charge in [-0.25, -0.2) is 4.98 Å². The number of nitrogens with one attached hydrogen (secondary N) is 1. The van der Waals surface area contributed by atoms with Gasteiger partial charge in [0, 0.05) is 31.7 Å². The number of amides is 2. The molecule has 0 saturated carbocycles. The van der Waals surface area contributed by atoms with Gasteiger partial charge in [-0.2, -0.15) is 0 Å². The first-order valence-electron chi connectivity index (χ1n) is 9.35. The van der Waals surface area contributed by atoms with Gasteiger partial charge in [0.2, 0.25) is 5.91 Å². The molecule has 6 heteroatoms. The summed E-state index contributed by atoms with van der Waals surface area (Å²) in [6.07, 6.45) is 8.63. The van der Waals surface area contributed by atoms with E-state index in [0.29, 0.717) is 25.2 Å². The van der Waals surface area contributed by atoms with Crippen molar-refractivity contribution >= 4 is 11.8 Å². The highest BCUT2D eigenvalue weighted by molar-refractivity contribution is 5.92. The third kappa shape index (κ3) is 8.09. The van der Waals surface area contributed by atoms with Crippen LogP contribution >= 0.6 is 0 Å². The average Bonchev–Trinajstić information content (AvgIpc) is 2.61. The third-order valence-electron chi connectivity index (χ3n) is 4.20. The Morgan fingerprint density at radius 3 is 2.48 bits per heavy atom. The van der Waals surface area contributed by atoms with E-state index < -0.39 is 0 Å². The van der Waals surface area contributed by atoms with E-state index in [0.717, 1.165) is 37.8 Å². The van der Waals surface area contributed by atoms with E-state index in [2.05, 4.69) is 22.2 Å². The van der Waals surface area contributed by atoms with Gasteiger partial charge < -0.3 is 10.2 Å². The number of aryl methyl sites for hydroxylation is 1. The molecule has 1 N–H and O–H groups in total. The summed E-state index contributed by atoms with van der Waals surface area (Å²) in [5, 5.41) is 2.94. The van der Waals surface area contributed by atoms with Crippen molar-refractivity contribution in [3.8, 4) is 0 Å². The number of unbranched alkanes of at least 4 members (excludes halogenated alkanes) is 3. The number of hydrogen-bond acceptors (Lipinski definition) is 4. The molecule has 1 aromatic heterocycles. The normalized spacial score (nSPS) is 11.8. The molecule has 1 aromatic rings. The number of aromatic nitrogens is 2. The smallest absolute Gasteiger partial charge is 0.274 e. The van der Waals surface area contributed by atoms with Gasteiger partial charge in [0.1, 0.15) is 5.69 Å². The summed E-state index contributed by atoms with van der Waals surface area (Å²) in [6.45, 7) is 9.05. The highest BCUT2D eigenvalue weighted by Crippen LogP contribution is 2.07. The molecule has 0 aromatic carbocycles. The van der Waals surface area contributed by atoms with Crippen LogP contribution in [0.4, 0.5) is 0 Å². The molecule has 0 aliphatic heterocycles. The molecule has 0 unspecified atom stereocenters. The Morgan fingerprint density at radius 2 is 1.88 bits per heavy atom. The number of rotatable bonds is 11. The lowest BCUT2D eigenvalue weighted by Gasteiger charge is -2.22. The molecule has 0 aliphatic rings. The summed E-state index contributed by atoms with van der Waals surface area (Å²) in [4.78, 5) is 34.8. The quantitative estimate of drug-likeness (QED) is 0.624. The summed E-state index contributed by atoms with van der Waals surface area (Å²) in [7, 11) is 0. The Bertz CT molecular complexity index is 531. The first kappa shape index (κ1) is 21.1. The van der Waals surface area contributed by atoms with E-state index in [-0.39, 0.29) is 17.9 Å². The number of nitrogens with zero attached hydrogens (tertiary/aromatic N) is 3. The number of hydrogen-bond donors (Lipinski definition) is 1. The zero-order chi connectivity index (χ0) is 18.7. The van der Waals surface area contributed by atoms with Crippen LogP contribution in [0.3, 0.4) is 0 Å². The zero-order valence-electron chi connectivity index (χ0n) is 16.0. The van der Waals surface area contributed by atoms with Crippen LogP contribution in [0.25, 0.3) is 0 Å². The topological polar surface area (TPSA) is 75.2 Å². The molecule has 0 aliphatic carbocycles. The molecular formula is C19H32N4O2. The van der Waals surface area contributed by atoms with Crippen molar-refractivity contribution in [1.29, 1.82) is 0 Å². The van der Waals surface area contributed by atoms with Crippen molar-refractivity contribution in [3.05, 3.63) is 23.8 Å². The summed E-state index contributed by atoms with van der Waals surface area (Å²) in [6, 6.07) is 0.157. The fourth-order valence-corrected chi connectivity index (χ4v) is 2.39. The van der Waals surface area contributed by atoms with E-state index in [4.69, 9.17) is 0 Å². The first-order chi connectivity index (χ1) is 12.0. The predicted molar refractivity (Wildman–Crippen MR) is 99.3 cm³/mol. The van der Waals surface area contributed by atoms with Crippen LogP contribution in [0.1, 0.15) is 75.5 Å². The van der Waals surface area contributed by atoms with E-state index in [9.17, 15) is 9.59 Å². The fourth-order valence-electron chi connectivity index (χ4n) is 2.39. The van der Waals surface area contributed by atoms with Crippen LogP contribution in [0.2, 0.25) is 0 Å². The third-order valence-corrected chi connectivity index (χ3v) is 4.20. The van der Waals surface area contributed by atoms with Crippen LogP contribution in [-0.4, -0.2) is 45.8 Å². The van der Waals surface area contributed by atoms with Crippen LogP contribution in [0, 0.1) is 6.92 Å². The molecule has 25 heavy (non-hydrogen) atoms. The van der Waals surface area contributed by atoms with Crippen molar-refractivity contribution < 1.29 is 9.59 Å². The molecule has 0 bridgehead atoms. The molecule has 6 nitrogen and oxygen atoms in total. The maximum absolute atomic E-state index is 12.7. The Morgan fingerprint density at radius 1 is 1.12 bits per heavy atom. The summed E-state index contributed by atoms with van der Waals surface area (Å²) < 4.78 is 0.